The maximum Gasteiger partial charge on any atom is 0.489 e. The second-order valence-electron chi connectivity index (χ2n) is 4.67. The number of amides is 1. The number of nitrogens with zero attached hydrogens (tertiary/aromatic N) is 1. The predicted molar refractivity (Wildman–Crippen MR) is 75.9 cm³/mol. The average molecular weight is 278 g/mol. The van der Waals surface area contributed by atoms with Crippen LogP contribution in [0.3, 0.4) is 0 Å². The van der Waals surface area contributed by atoms with Crippen LogP contribution in [-0.2, 0) is 4.74 Å². The van der Waals surface area contributed by atoms with Crippen LogP contribution in [0.4, 0.5) is 0 Å². The molecule has 7 heteroatoms. The second kappa shape index (κ2) is 7.40. The van der Waals surface area contributed by atoms with E-state index in [2.05, 4.69) is 10.2 Å². The van der Waals surface area contributed by atoms with Gasteiger partial charge in [-0.05, 0) is 11.5 Å². The standard InChI is InChI=1S/C13H19BN2O4/c17-13(11-3-1-2-4-12(11)14(18)19)15-5-6-16-7-9-20-10-8-16/h1-4,18-19H,5-10H2,(H,15,17). The number of morpholine rings is 1. The Balaban J connectivity index is 1.85. The minimum Gasteiger partial charge on any atom is -0.423 e. The fourth-order valence-electron chi connectivity index (χ4n) is 2.18. The maximum absolute atomic E-state index is 12.0. The van der Waals surface area contributed by atoms with Gasteiger partial charge in [-0.2, -0.15) is 0 Å². The van der Waals surface area contributed by atoms with Crippen molar-refractivity contribution in [3.63, 3.8) is 0 Å². The molecule has 1 amide bonds. The van der Waals surface area contributed by atoms with Gasteiger partial charge in [0.25, 0.3) is 5.91 Å². The molecule has 0 aliphatic carbocycles. The van der Waals surface area contributed by atoms with Gasteiger partial charge in [0, 0.05) is 31.7 Å². The van der Waals surface area contributed by atoms with Crippen LogP contribution in [0.5, 0.6) is 0 Å². The lowest BCUT2D eigenvalue weighted by atomic mass is 9.77. The highest BCUT2D eigenvalue weighted by Gasteiger charge is 2.19. The van der Waals surface area contributed by atoms with Gasteiger partial charge < -0.3 is 20.1 Å². The molecule has 1 aliphatic heterocycles. The average Bonchev–Trinajstić information content (AvgIpc) is 2.48. The third-order valence-corrected chi connectivity index (χ3v) is 3.30. The van der Waals surface area contributed by atoms with E-state index in [1.807, 2.05) is 0 Å². The predicted octanol–water partition coefficient (Wildman–Crippen LogP) is -1.57. The summed E-state index contributed by atoms with van der Waals surface area (Å²) in [6, 6.07) is 6.47. The van der Waals surface area contributed by atoms with Crippen molar-refractivity contribution in [1.82, 2.24) is 10.2 Å². The molecule has 0 bridgehead atoms. The van der Waals surface area contributed by atoms with Crippen LogP contribution in [-0.4, -0.2) is 67.4 Å². The Labute approximate surface area is 118 Å². The first kappa shape index (κ1) is 15.0. The van der Waals surface area contributed by atoms with Crippen molar-refractivity contribution in [3.8, 4) is 0 Å². The lowest BCUT2D eigenvalue weighted by Crippen LogP contribution is -2.43. The van der Waals surface area contributed by atoms with E-state index in [0.717, 1.165) is 32.8 Å². The Morgan fingerprint density at radius 2 is 2.00 bits per heavy atom. The molecule has 1 heterocycles. The van der Waals surface area contributed by atoms with Crippen molar-refractivity contribution in [2.75, 3.05) is 39.4 Å². The molecule has 0 atom stereocenters. The van der Waals surface area contributed by atoms with Gasteiger partial charge in [0.1, 0.15) is 0 Å². The number of carbonyl (C=O) groups is 1. The zero-order valence-electron chi connectivity index (χ0n) is 11.3. The molecule has 1 aromatic carbocycles. The molecule has 1 fully saturated rings. The summed E-state index contributed by atoms with van der Waals surface area (Å²) < 4.78 is 5.25. The van der Waals surface area contributed by atoms with E-state index in [9.17, 15) is 14.8 Å². The van der Waals surface area contributed by atoms with Crippen molar-refractivity contribution in [1.29, 1.82) is 0 Å². The number of hydrogen-bond donors (Lipinski definition) is 3. The highest BCUT2D eigenvalue weighted by atomic mass is 16.5. The zero-order chi connectivity index (χ0) is 14.4. The van der Waals surface area contributed by atoms with E-state index in [1.54, 1.807) is 18.2 Å². The molecule has 108 valence electrons. The van der Waals surface area contributed by atoms with E-state index in [1.165, 1.54) is 6.07 Å². The van der Waals surface area contributed by atoms with Crippen molar-refractivity contribution in [2.24, 2.45) is 0 Å². The highest BCUT2D eigenvalue weighted by molar-refractivity contribution is 6.60. The van der Waals surface area contributed by atoms with E-state index in [-0.39, 0.29) is 11.4 Å². The Hall–Kier alpha value is -1.41. The number of hydrogen-bond acceptors (Lipinski definition) is 5. The molecular weight excluding hydrogens is 259 g/mol. The molecule has 1 saturated heterocycles. The summed E-state index contributed by atoms with van der Waals surface area (Å²) in [6.45, 7) is 4.50. The van der Waals surface area contributed by atoms with Crippen LogP contribution in [0.1, 0.15) is 10.4 Å². The smallest absolute Gasteiger partial charge is 0.423 e. The molecule has 20 heavy (non-hydrogen) atoms. The van der Waals surface area contributed by atoms with Crippen molar-refractivity contribution in [3.05, 3.63) is 29.8 Å². The molecule has 0 spiro atoms. The molecule has 0 aromatic heterocycles. The molecule has 1 aromatic rings. The van der Waals surface area contributed by atoms with Crippen LogP contribution < -0.4 is 10.8 Å². The van der Waals surface area contributed by atoms with Gasteiger partial charge >= 0.3 is 7.12 Å². The van der Waals surface area contributed by atoms with Crippen LogP contribution in [0, 0.1) is 0 Å². The fraction of sp³-hybridized carbons (Fsp3) is 0.462. The lowest BCUT2D eigenvalue weighted by molar-refractivity contribution is 0.0383. The largest absolute Gasteiger partial charge is 0.489 e. The first-order chi connectivity index (χ1) is 9.68. The highest BCUT2D eigenvalue weighted by Crippen LogP contribution is 1.98. The minimum absolute atomic E-state index is 0.219. The van der Waals surface area contributed by atoms with Crippen LogP contribution >= 0.6 is 0 Å². The first-order valence-corrected chi connectivity index (χ1v) is 6.72. The summed E-state index contributed by atoms with van der Waals surface area (Å²) in [7, 11) is -1.64. The van der Waals surface area contributed by atoms with Gasteiger partial charge in [-0.25, -0.2) is 0 Å². The molecule has 0 saturated carbocycles. The molecule has 2 rings (SSSR count). The number of benzene rings is 1. The third-order valence-electron chi connectivity index (χ3n) is 3.30. The number of rotatable bonds is 5. The fourth-order valence-corrected chi connectivity index (χ4v) is 2.18. The van der Waals surface area contributed by atoms with E-state index >= 15 is 0 Å². The number of nitrogens with one attached hydrogen (secondary N) is 1. The van der Waals surface area contributed by atoms with Crippen molar-refractivity contribution >= 4 is 18.5 Å². The molecule has 6 nitrogen and oxygen atoms in total. The summed E-state index contributed by atoms with van der Waals surface area (Å²) in [5, 5.41) is 21.3. The Morgan fingerprint density at radius 3 is 2.70 bits per heavy atom. The molecular formula is C13H19BN2O4. The van der Waals surface area contributed by atoms with Gasteiger partial charge in [0.15, 0.2) is 0 Å². The van der Waals surface area contributed by atoms with Crippen LogP contribution in [0.25, 0.3) is 0 Å². The van der Waals surface area contributed by atoms with Gasteiger partial charge in [-0.15, -0.1) is 0 Å². The lowest BCUT2D eigenvalue weighted by Gasteiger charge is -2.26. The number of carbonyl (C=O) groups excluding carboxylic acids is 1. The molecule has 0 radical (unpaired) electrons. The number of ether oxygens (including phenoxy) is 1. The SMILES string of the molecule is O=C(NCCN1CCOCC1)c1ccccc1B(O)O. The van der Waals surface area contributed by atoms with Crippen molar-refractivity contribution < 1.29 is 19.6 Å². The maximum atomic E-state index is 12.0. The topological polar surface area (TPSA) is 82.0 Å². The third kappa shape index (κ3) is 4.04. The summed E-state index contributed by atoms with van der Waals surface area (Å²) in [5.74, 6) is -0.290. The Kier molecular flexibility index (Phi) is 5.54. The molecule has 1 aliphatic rings. The van der Waals surface area contributed by atoms with Crippen LogP contribution in [0.2, 0.25) is 0 Å². The summed E-state index contributed by atoms with van der Waals surface area (Å²) in [4.78, 5) is 14.3. The van der Waals surface area contributed by atoms with Crippen LogP contribution in [0.15, 0.2) is 24.3 Å². The Bertz CT molecular complexity index is 450. The first-order valence-electron chi connectivity index (χ1n) is 6.72. The summed E-state index contributed by atoms with van der Waals surface area (Å²) in [6.07, 6.45) is 0. The van der Waals surface area contributed by atoms with Crippen molar-refractivity contribution in [2.45, 2.75) is 0 Å². The monoisotopic (exact) mass is 278 g/mol. The summed E-state index contributed by atoms with van der Waals surface area (Å²) in [5.41, 5.74) is 0.515. The van der Waals surface area contributed by atoms with Gasteiger partial charge in [0.05, 0.1) is 13.2 Å². The quantitative estimate of drug-likeness (QED) is 0.567. The zero-order valence-corrected chi connectivity index (χ0v) is 11.3. The summed E-state index contributed by atoms with van der Waals surface area (Å²) >= 11 is 0. The van der Waals surface area contributed by atoms with Gasteiger partial charge in [-0.1, -0.05) is 18.2 Å². The molecule has 0 unspecified atom stereocenters. The van der Waals surface area contributed by atoms with E-state index < -0.39 is 7.12 Å². The Morgan fingerprint density at radius 1 is 1.30 bits per heavy atom. The second-order valence-corrected chi connectivity index (χ2v) is 4.67. The van der Waals surface area contributed by atoms with E-state index in [0.29, 0.717) is 12.1 Å². The molecule has 3 N–H and O–H groups in total. The normalized spacial score (nSPS) is 15.9. The van der Waals surface area contributed by atoms with Gasteiger partial charge in [-0.3, -0.25) is 9.69 Å². The minimum atomic E-state index is -1.64. The van der Waals surface area contributed by atoms with Gasteiger partial charge in [0.2, 0.25) is 0 Å². The van der Waals surface area contributed by atoms with E-state index in [4.69, 9.17) is 4.74 Å².